The van der Waals surface area contributed by atoms with Crippen LogP contribution >= 0.6 is 0 Å². The third-order valence-corrected chi connectivity index (χ3v) is 2.83. The van der Waals surface area contributed by atoms with Gasteiger partial charge < -0.3 is 20.1 Å². The highest BCUT2D eigenvalue weighted by Crippen LogP contribution is 2.21. The molecule has 0 aromatic heterocycles. The van der Waals surface area contributed by atoms with E-state index in [1.54, 1.807) is 14.2 Å². The third kappa shape index (κ3) is 4.94. The first-order valence-electron chi connectivity index (χ1n) is 6.39. The summed E-state index contributed by atoms with van der Waals surface area (Å²) < 4.78 is 10.4. The van der Waals surface area contributed by atoms with Crippen molar-refractivity contribution in [2.24, 2.45) is 5.73 Å². The van der Waals surface area contributed by atoms with Gasteiger partial charge in [-0.2, -0.15) is 0 Å². The number of benzene rings is 1. The zero-order valence-corrected chi connectivity index (χ0v) is 11.4. The Hall–Kier alpha value is -1.26. The number of hydrogen-bond acceptors (Lipinski definition) is 4. The summed E-state index contributed by atoms with van der Waals surface area (Å²) in [6.45, 7) is 3.43. The first-order chi connectivity index (χ1) is 8.81. The molecule has 0 bridgehead atoms. The fraction of sp³-hybridized carbons (Fsp3) is 0.571. The van der Waals surface area contributed by atoms with Crippen LogP contribution in [-0.2, 0) is 4.74 Å². The number of nitrogens with two attached hydrogens (primary N) is 1. The lowest BCUT2D eigenvalue weighted by atomic mass is 10.2. The zero-order chi connectivity index (χ0) is 13.2. The average molecular weight is 252 g/mol. The van der Waals surface area contributed by atoms with Gasteiger partial charge in [0.25, 0.3) is 0 Å². The molecule has 4 nitrogen and oxygen atoms in total. The Bertz CT molecular complexity index is 331. The minimum atomic E-state index is 0.713. The summed E-state index contributed by atoms with van der Waals surface area (Å²) in [5.74, 6) is 0.886. The molecule has 1 aromatic carbocycles. The van der Waals surface area contributed by atoms with Crippen LogP contribution in [-0.4, -0.2) is 40.5 Å². The first-order valence-corrected chi connectivity index (χ1v) is 6.39. The Morgan fingerprint density at radius 1 is 1.17 bits per heavy atom. The molecule has 0 unspecified atom stereocenters. The summed E-state index contributed by atoms with van der Waals surface area (Å²) in [5.41, 5.74) is 6.77. The maximum atomic E-state index is 5.59. The lowest BCUT2D eigenvalue weighted by Crippen LogP contribution is -2.27. The van der Waals surface area contributed by atoms with Gasteiger partial charge in [0.2, 0.25) is 0 Å². The molecule has 0 saturated carbocycles. The summed E-state index contributed by atoms with van der Waals surface area (Å²) in [7, 11) is 3.42. The second-order valence-electron chi connectivity index (χ2n) is 4.18. The molecule has 0 aliphatic rings. The molecule has 4 heteroatoms. The molecule has 1 aromatic rings. The fourth-order valence-corrected chi connectivity index (χ4v) is 1.86. The molecule has 0 aliphatic carbocycles. The molecule has 102 valence electrons. The van der Waals surface area contributed by atoms with Gasteiger partial charge in [-0.3, -0.25) is 0 Å². The number of methoxy groups -OCH3 is 2. The Labute approximate surface area is 110 Å². The van der Waals surface area contributed by atoms with Crippen LogP contribution in [0.1, 0.15) is 12.8 Å². The number of ether oxygens (including phenoxy) is 2. The van der Waals surface area contributed by atoms with Crippen molar-refractivity contribution >= 4 is 5.69 Å². The van der Waals surface area contributed by atoms with Gasteiger partial charge >= 0.3 is 0 Å². The van der Waals surface area contributed by atoms with Crippen LogP contribution in [0.15, 0.2) is 24.3 Å². The van der Waals surface area contributed by atoms with Crippen molar-refractivity contribution in [1.29, 1.82) is 0 Å². The molecular formula is C14H24N2O2. The van der Waals surface area contributed by atoms with Crippen molar-refractivity contribution in [3.05, 3.63) is 24.3 Å². The number of rotatable bonds is 9. The molecule has 0 heterocycles. The SMILES string of the molecule is COCCCN(CCCN)c1cccc(OC)c1. The third-order valence-electron chi connectivity index (χ3n) is 2.83. The topological polar surface area (TPSA) is 47.7 Å². The quantitative estimate of drug-likeness (QED) is 0.682. The van der Waals surface area contributed by atoms with Crippen molar-refractivity contribution in [2.45, 2.75) is 12.8 Å². The Morgan fingerprint density at radius 2 is 1.94 bits per heavy atom. The molecule has 0 atom stereocenters. The summed E-state index contributed by atoms with van der Waals surface area (Å²) >= 11 is 0. The first kappa shape index (κ1) is 14.8. The highest BCUT2D eigenvalue weighted by Gasteiger charge is 2.06. The summed E-state index contributed by atoms with van der Waals surface area (Å²) in [6.07, 6.45) is 2.00. The second-order valence-corrected chi connectivity index (χ2v) is 4.18. The van der Waals surface area contributed by atoms with E-state index in [0.29, 0.717) is 6.54 Å². The van der Waals surface area contributed by atoms with E-state index in [2.05, 4.69) is 17.0 Å². The van der Waals surface area contributed by atoms with Gasteiger partial charge in [0.15, 0.2) is 0 Å². The van der Waals surface area contributed by atoms with E-state index >= 15 is 0 Å². The Balaban J connectivity index is 2.66. The van der Waals surface area contributed by atoms with Gasteiger partial charge in [0, 0.05) is 38.6 Å². The van der Waals surface area contributed by atoms with E-state index in [1.165, 1.54) is 5.69 Å². The van der Waals surface area contributed by atoms with E-state index in [1.807, 2.05) is 12.1 Å². The molecule has 0 fully saturated rings. The van der Waals surface area contributed by atoms with Crippen LogP contribution in [0.3, 0.4) is 0 Å². The predicted molar refractivity (Wildman–Crippen MR) is 75.4 cm³/mol. The van der Waals surface area contributed by atoms with Crippen molar-refractivity contribution in [2.75, 3.05) is 45.4 Å². The Kier molecular flexibility index (Phi) is 7.22. The zero-order valence-electron chi connectivity index (χ0n) is 11.4. The molecular weight excluding hydrogens is 228 g/mol. The van der Waals surface area contributed by atoms with Crippen molar-refractivity contribution in [3.63, 3.8) is 0 Å². The molecule has 0 radical (unpaired) electrons. The molecule has 2 N–H and O–H groups in total. The van der Waals surface area contributed by atoms with E-state index in [-0.39, 0.29) is 0 Å². The fourth-order valence-electron chi connectivity index (χ4n) is 1.86. The van der Waals surface area contributed by atoms with Crippen LogP contribution < -0.4 is 15.4 Å². The number of anilines is 1. The summed E-state index contributed by atoms with van der Waals surface area (Å²) in [5, 5.41) is 0. The Morgan fingerprint density at radius 3 is 2.61 bits per heavy atom. The lowest BCUT2D eigenvalue weighted by molar-refractivity contribution is 0.196. The van der Waals surface area contributed by atoms with Gasteiger partial charge in [-0.05, 0) is 31.5 Å². The van der Waals surface area contributed by atoms with Gasteiger partial charge in [-0.15, -0.1) is 0 Å². The van der Waals surface area contributed by atoms with Gasteiger partial charge in [-0.1, -0.05) is 6.07 Å². The second kappa shape index (κ2) is 8.78. The predicted octanol–water partition coefficient (Wildman–Crippen LogP) is 1.89. The maximum Gasteiger partial charge on any atom is 0.120 e. The van der Waals surface area contributed by atoms with Crippen LogP contribution in [0.5, 0.6) is 5.75 Å². The van der Waals surface area contributed by atoms with E-state index < -0.39 is 0 Å². The van der Waals surface area contributed by atoms with E-state index in [9.17, 15) is 0 Å². The maximum absolute atomic E-state index is 5.59. The van der Waals surface area contributed by atoms with Gasteiger partial charge in [-0.25, -0.2) is 0 Å². The number of hydrogen-bond donors (Lipinski definition) is 1. The monoisotopic (exact) mass is 252 g/mol. The summed E-state index contributed by atoms with van der Waals surface area (Å²) in [4.78, 5) is 2.33. The van der Waals surface area contributed by atoms with Gasteiger partial charge in [0.05, 0.1) is 7.11 Å². The van der Waals surface area contributed by atoms with Gasteiger partial charge in [0.1, 0.15) is 5.75 Å². The van der Waals surface area contributed by atoms with Crippen molar-refractivity contribution in [3.8, 4) is 5.75 Å². The van der Waals surface area contributed by atoms with Crippen LogP contribution in [0.25, 0.3) is 0 Å². The largest absolute Gasteiger partial charge is 0.497 e. The molecule has 1 rings (SSSR count). The van der Waals surface area contributed by atoms with Crippen LogP contribution in [0.4, 0.5) is 5.69 Å². The highest BCUT2D eigenvalue weighted by atomic mass is 16.5. The normalized spacial score (nSPS) is 10.4. The van der Waals surface area contributed by atoms with Crippen molar-refractivity contribution < 1.29 is 9.47 Å². The average Bonchev–Trinajstić information content (AvgIpc) is 2.42. The summed E-state index contributed by atoms with van der Waals surface area (Å²) in [6, 6.07) is 8.13. The minimum absolute atomic E-state index is 0.713. The van der Waals surface area contributed by atoms with Crippen LogP contribution in [0, 0.1) is 0 Å². The molecule has 0 aliphatic heterocycles. The highest BCUT2D eigenvalue weighted by molar-refractivity contribution is 5.50. The molecule has 0 saturated heterocycles. The van der Waals surface area contributed by atoms with Crippen LogP contribution in [0.2, 0.25) is 0 Å². The molecule has 0 spiro atoms. The standard InChI is InChI=1S/C14H24N2O2/c1-17-11-5-10-16(9-4-8-15)13-6-3-7-14(12-13)18-2/h3,6-7,12H,4-5,8-11,15H2,1-2H3. The molecule has 0 amide bonds. The van der Waals surface area contributed by atoms with Crippen molar-refractivity contribution in [1.82, 2.24) is 0 Å². The smallest absolute Gasteiger partial charge is 0.120 e. The van der Waals surface area contributed by atoms with E-state index in [0.717, 1.165) is 38.3 Å². The lowest BCUT2D eigenvalue weighted by Gasteiger charge is -2.25. The number of nitrogens with zero attached hydrogens (tertiary/aromatic N) is 1. The van der Waals surface area contributed by atoms with E-state index in [4.69, 9.17) is 15.2 Å². The molecule has 18 heavy (non-hydrogen) atoms. The minimum Gasteiger partial charge on any atom is -0.497 e.